The molecule has 8 heteroatoms. The van der Waals surface area contributed by atoms with Crippen molar-refractivity contribution in [3.8, 4) is 0 Å². The Labute approximate surface area is 158 Å². The molecule has 2 unspecified atom stereocenters. The van der Waals surface area contributed by atoms with Gasteiger partial charge in [-0.3, -0.25) is 14.4 Å². The molecule has 2 atom stereocenters. The van der Waals surface area contributed by atoms with Gasteiger partial charge in [0.25, 0.3) is 0 Å². The third-order valence-electron chi connectivity index (χ3n) is 5.12. The van der Waals surface area contributed by atoms with Crippen LogP contribution in [0.2, 0.25) is 0 Å². The summed E-state index contributed by atoms with van der Waals surface area (Å²) in [4.78, 5) is 49.0. The lowest BCUT2D eigenvalue weighted by atomic mass is 9.89. The Hall–Kier alpha value is -1.57. The molecule has 2 fully saturated rings. The second kappa shape index (κ2) is 9.94. The second-order valence-electron chi connectivity index (χ2n) is 7.16. The Morgan fingerprint density at radius 2 is 1.81 bits per heavy atom. The molecule has 0 radical (unpaired) electrons. The lowest BCUT2D eigenvalue weighted by Crippen LogP contribution is -2.43. The molecule has 1 saturated heterocycles. The van der Waals surface area contributed by atoms with Gasteiger partial charge in [-0.1, -0.05) is 37.9 Å². The summed E-state index contributed by atoms with van der Waals surface area (Å²) in [5.74, 6) is -1.37. The van der Waals surface area contributed by atoms with Gasteiger partial charge >= 0.3 is 5.97 Å². The van der Waals surface area contributed by atoms with E-state index in [0.29, 0.717) is 25.1 Å². The quantitative estimate of drug-likeness (QED) is 0.692. The summed E-state index contributed by atoms with van der Waals surface area (Å²) >= 11 is 1.02. The summed E-state index contributed by atoms with van der Waals surface area (Å²) in [6.45, 7) is 2.14. The third-order valence-corrected chi connectivity index (χ3v) is 6.25. The Bertz CT molecular complexity index is 548. The summed E-state index contributed by atoms with van der Waals surface area (Å²) < 4.78 is 0. The van der Waals surface area contributed by atoms with Gasteiger partial charge in [-0.05, 0) is 25.7 Å². The predicted octanol–water partition coefficient (Wildman–Crippen LogP) is 1.65. The first kappa shape index (κ1) is 20.7. The van der Waals surface area contributed by atoms with E-state index < -0.39 is 17.9 Å². The van der Waals surface area contributed by atoms with E-state index in [-0.39, 0.29) is 29.4 Å². The summed E-state index contributed by atoms with van der Waals surface area (Å²) in [6, 6.07) is -0.750. The molecule has 1 aliphatic heterocycles. The van der Waals surface area contributed by atoms with Gasteiger partial charge in [-0.25, -0.2) is 4.79 Å². The number of hydrogen-bond acceptors (Lipinski definition) is 5. The molecule has 2 rings (SSSR count). The van der Waals surface area contributed by atoms with Crippen LogP contribution >= 0.6 is 11.8 Å². The molecule has 26 heavy (non-hydrogen) atoms. The SMILES string of the molecule is CC(CSC(=O)CNC(=O)C1CCCCC1)C(=O)N1CCCC1C(=O)O. The standard InChI is InChI=1S/C18H28N2O5S/c1-12(17(23)20-9-5-8-14(20)18(24)25)11-26-15(21)10-19-16(22)13-6-3-2-4-7-13/h12-14H,2-11H2,1H3,(H,19,22)(H,24,25). The van der Waals surface area contributed by atoms with E-state index in [0.717, 1.165) is 37.4 Å². The molecule has 0 bridgehead atoms. The second-order valence-corrected chi connectivity index (χ2v) is 8.24. The summed E-state index contributed by atoms with van der Waals surface area (Å²) in [6.07, 6.45) is 6.24. The fourth-order valence-electron chi connectivity index (χ4n) is 3.58. The van der Waals surface area contributed by atoms with Crippen LogP contribution in [0.1, 0.15) is 51.9 Å². The van der Waals surface area contributed by atoms with E-state index in [1.807, 2.05) is 0 Å². The van der Waals surface area contributed by atoms with E-state index in [4.69, 9.17) is 5.11 Å². The first-order valence-electron chi connectivity index (χ1n) is 9.36. The van der Waals surface area contributed by atoms with Crippen molar-refractivity contribution in [2.24, 2.45) is 11.8 Å². The van der Waals surface area contributed by atoms with Gasteiger partial charge in [0.15, 0.2) is 0 Å². The van der Waals surface area contributed by atoms with Crippen LogP contribution in [0.4, 0.5) is 0 Å². The first-order valence-corrected chi connectivity index (χ1v) is 10.4. The van der Waals surface area contributed by atoms with Crippen LogP contribution in [0.3, 0.4) is 0 Å². The van der Waals surface area contributed by atoms with Crippen LogP contribution in [0.25, 0.3) is 0 Å². The molecule has 2 amide bonds. The smallest absolute Gasteiger partial charge is 0.326 e. The molecule has 0 aromatic heterocycles. The molecule has 1 heterocycles. The van der Waals surface area contributed by atoms with Crippen molar-refractivity contribution >= 4 is 34.7 Å². The summed E-state index contributed by atoms with van der Waals surface area (Å²) in [5.41, 5.74) is 0. The molecular formula is C18H28N2O5S. The fourth-order valence-corrected chi connectivity index (χ4v) is 4.33. The van der Waals surface area contributed by atoms with E-state index in [1.54, 1.807) is 6.92 Å². The molecule has 7 nitrogen and oxygen atoms in total. The van der Waals surface area contributed by atoms with Crippen molar-refractivity contribution in [2.75, 3.05) is 18.8 Å². The van der Waals surface area contributed by atoms with Crippen molar-refractivity contribution in [1.82, 2.24) is 10.2 Å². The molecule has 2 aliphatic rings. The van der Waals surface area contributed by atoms with Crippen LogP contribution in [-0.4, -0.2) is 57.8 Å². The van der Waals surface area contributed by atoms with Crippen molar-refractivity contribution in [3.63, 3.8) is 0 Å². The maximum Gasteiger partial charge on any atom is 0.326 e. The molecule has 0 spiro atoms. The number of carboxylic acids is 1. The number of amides is 2. The largest absolute Gasteiger partial charge is 0.480 e. The van der Waals surface area contributed by atoms with Crippen LogP contribution < -0.4 is 5.32 Å². The highest BCUT2D eigenvalue weighted by molar-refractivity contribution is 8.13. The maximum absolute atomic E-state index is 12.4. The number of rotatable bonds is 7. The number of thioether (sulfide) groups is 1. The van der Waals surface area contributed by atoms with Crippen LogP contribution in [0.5, 0.6) is 0 Å². The van der Waals surface area contributed by atoms with Gasteiger partial charge in [0.1, 0.15) is 6.04 Å². The monoisotopic (exact) mass is 384 g/mol. The zero-order chi connectivity index (χ0) is 19.1. The van der Waals surface area contributed by atoms with Crippen molar-refractivity contribution in [1.29, 1.82) is 0 Å². The first-order chi connectivity index (χ1) is 12.4. The number of likely N-dealkylation sites (tertiary alicyclic amines) is 1. The number of hydrogen-bond donors (Lipinski definition) is 2. The Balaban J connectivity index is 1.70. The van der Waals surface area contributed by atoms with Gasteiger partial charge in [0.2, 0.25) is 16.9 Å². The predicted molar refractivity (Wildman–Crippen MR) is 98.6 cm³/mol. The lowest BCUT2D eigenvalue weighted by Gasteiger charge is -2.24. The minimum atomic E-state index is -0.975. The molecule has 0 aromatic rings. The zero-order valence-corrected chi connectivity index (χ0v) is 16.1. The van der Waals surface area contributed by atoms with Crippen LogP contribution in [0.15, 0.2) is 0 Å². The highest BCUT2D eigenvalue weighted by Crippen LogP contribution is 2.24. The number of carbonyl (C=O) groups excluding carboxylic acids is 3. The van der Waals surface area contributed by atoms with Gasteiger partial charge in [0, 0.05) is 24.1 Å². The molecule has 1 aliphatic carbocycles. The van der Waals surface area contributed by atoms with Gasteiger partial charge in [-0.15, -0.1) is 0 Å². The topological polar surface area (TPSA) is 104 Å². The Kier molecular flexibility index (Phi) is 7.93. The Morgan fingerprint density at radius 1 is 1.12 bits per heavy atom. The highest BCUT2D eigenvalue weighted by Gasteiger charge is 2.35. The van der Waals surface area contributed by atoms with Crippen molar-refractivity contribution in [3.05, 3.63) is 0 Å². The van der Waals surface area contributed by atoms with E-state index >= 15 is 0 Å². The summed E-state index contributed by atoms with van der Waals surface area (Å²) in [5, 5.41) is 11.7. The molecule has 146 valence electrons. The average Bonchev–Trinajstić information content (AvgIpc) is 3.14. The number of aliphatic carboxylic acids is 1. The van der Waals surface area contributed by atoms with Gasteiger partial charge in [-0.2, -0.15) is 0 Å². The maximum atomic E-state index is 12.4. The number of nitrogens with zero attached hydrogens (tertiary/aromatic N) is 1. The molecular weight excluding hydrogens is 356 g/mol. The number of nitrogens with one attached hydrogen (secondary N) is 1. The minimum Gasteiger partial charge on any atom is -0.480 e. The average molecular weight is 384 g/mol. The molecule has 2 N–H and O–H groups in total. The molecule has 1 saturated carbocycles. The van der Waals surface area contributed by atoms with Crippen molar-refractivity contribution in [2.45, 2.75) is 57.9 Å². The Morgan fingerprint density at radius 3 is 2.46 bits per heavy atom. The number of carboxylic acid groups (broad SMARTS) is 1. The van der Waals surface area contributed by atoms with Gasteiger partial charge < -0.3 is 15.3 Å². The minimum absolute atomic E-state index is 0.0187. The van der Waals surface area contributed by atoms with Crippen LogP contribution in [-0.2, 0) is 19.2 Å². The van der Waals surface area contributed by atoms with E-state index in [1.165, 1.54) is 11.3 Å². The van der Waals surface area contributed by atoms with Gasteiger partial charge in [0.05, 0.1) is 6.54 Å². The zero-order valence-electron chi connectivity index (χ0n) is 15.2. The highest BCUT2D eigenvalue weighted by atomic mass is 32.2. The molecule has 0 aromatic carbocycles. The fraction of sp³-hybridized carbons (Fsp3) is 0.778. The van der Waals surface area contributed by atoms with E-state index in [9.17, 15) is 19.2 Å². The van der Waals surface area contributed by atoms with Crippen LogP contribution in [0, 0.1) is 11.8 Å². The number of carbonyl (C=O) groups is 4. The third kappa shape index (κ3) is 5.72. The normalized spacial score (nSPS) is 22.0. The van der Waals surface area contributed by atoms with Crippen molar-refractivity contribution < 1.29 is 24.3 Å². The lowest BCUT2D eigenvalue weighted by molar-refractivity contribution is -0.149. The summed E-state index contributed by atoms with van der Waals surface area (Å²) in [7, 11) is 0. The van der Waals surface area contributed by atoms with E-state index in [2.05, 4.69) is 5.32 Å².